The Hall–Kier alpha value is -4.00. The minimum atomic E-state index is -0.656. The number of aromatic nitrogens is 2. The third kappa shape index (κ3) is 4.45. The maximum atomic E-state index is 13.7. The molecular weight excluding hydrogens is 397 g/mol. The third-order valence-corrected chi connectivity index (χ3v) is 4.79. The maximum absolute atomic E-state index is 13.7. The number of rotatable bonds is 6. The van der Waals surface area contributed by atoms with Gasteiger partial charge in [0.05, 0.1) is 10.9 Å². The van der Waals surface area contributed by atoms with Gasteiger partial charge < -0.3 is 10.1 Å². The lowest BCUT2D eigenvalue weighted by atomic mass is 10.2. The second-order valence-electron chi connectivity index (χ2n) is 6.91. The zero-order chi connectivity index (χ0) is 21.8. The molecule has 156 valence electrons. The molecule has 1 heterocycles. The summed E-state index contributed by atoms with van der Waals surface area (Å²) in [6.45, 7) is 2.69. The Balaban J connectivity index is 1.52. The number of nitrogens with one attached hydrogen (secondary N) is 1. The van der Waals surface area contributed by atoms with Gasteiger partial charge in [0.1, 0.15) is 18.2 Å². The average molecular weight is 417 g/mol. The molecular formula is C24H20FN3O3. The van der Waals surface area contributed by atoms with Crippen LogP contribution in [0.4, 0.5) is 10.1 Å². The van der Waals surface area contributed by atoms with Crippen molar-refractivity contribution in [1.82, 2.24) is 9.78 Å². The van der Waals surface area contributed by atoms with Gasteiger partial charge in [0.25, 0.3) is 5.91 Å². The first-order chi connectivity index (χ1) is 15.0. The summed E-state index contributed by atoms with van der Waals surface area (Å²) < 4.78 is 20.9. The highest BCUT2D eigenvalue weighted by Gasteiger charge is 2.18. The molecule has 0 bridgehead atoms. The molecule has 31 heavy (non-hydrogen) atoms. The summed E-state index contributed by atoms with van der Waals surface area (Å²) in [5.74, 6) is -0.554. The molecule has 1 amide bonds. The molecule has 1 aromatic heterocycles. The molecule has 1 N–H and O–H groups in total. The molecule has 6 nitrogen and oxygen atoms in total. The van der Waals surface area contributed by atoms with Crippen LogP contribution in [0.2, 0.25) is 0 Å². The number of carbonyl (C=O) groups excluding carboxylic acids is 1. The lowest BCUT2D eigenvalue weighted by molar-refractivity contribution is 0.101. The van der Waals surface area contributed by atoms with E-state index in [1.165, 1.54) is 16.8 Å². The van der Waals surface area contributed by atoms with Crippen molar-refractivity contribution in [1.29, 1.82) is 0 Å². The van der Waals surface area contributed by atoms with Crippen molar-refractivity contribution in [3.05, 3.63) is 100 Å². The van der Waals surface area contributed by atoms with E-state index in [-0.39, 0.29) is 11.1 Å². The van der Waals surface area contributed by atoms with E-state index in [9.17, 15) is 14.0 Å². The van der Waals surface area contributed by atoms with Crippen LogP contribution in [0.1, 0.15) is 23.0 Å². The lowest BCUT2D eigenvalue weighted by Crippen LogP contribution is -2.27. The van der Waals surface area contributed by atoms with Crippen LogP contribution < -0.4 is 15.5 Å². The molecule has 4 rings (SSSR count). The van der Waals surface area contributed by atoms with E-state index in [1.807, 2.05) is 37.3 Å². The quantitative estimate of drug-likeness (QED) is 0.505. The fourth-order valence-corrected chi connectivity index (χ4v) is 3.22. The molecule has 0 fully saturated rings. The Morgan fingerprint density at radius 3 is 2.52 bits per heavy atom. The summed E-state index contributed by atoms with van der Waals surface area (Å²) in [4.78, 5) is 25.4. The number of carbonyl (C=O) groups is 1. The minimum absolute atomic E-state index is 0.117. The Morgan fingerprint density at radius 2 is 1.81 bits per heavy atom. The van der Waals surface area contributed by atoms with E-state index >= 15 is 0 Å². The average Bonchev–Trinajstić information content (AvgIpc) is 2.80. The van der Waals surface area contributed by atoms with Gasteiger partial charge in [-0.2, -0.15) is 5.10 Å². The molecule has 0 aliphatic carbocycles. The van der Waals surface area contributed by atoms with E-state index in [2.05, 4.69) is 10.4 Å². The van der Waals surface area contributed by atoms with Gasteiger partial charge in [-0.25, -0.2) is 4.39 Å². The molecule has 0 atom stereocenters. The van der Waals surface area contributed by atoms with Crippen molar-refractivity contribution in [3.8, 4) is 5.75 Å². The minimum Gasteiger partial charge on any atom is -0.489 e. The molecule has 0 radical (unpaired) electrons. The zero-order valence-corrected chi connectivity index (χ0v) is 16.8. The smallest absolute Gasteiger partial charge is 0.280 e. The van der Waals surface area contributed by atoms with Gasteiger partial charge in [0, 0.05) is 12.2 Å². The first-order valence-corrected chi connectivity index (χ1v) is 9.83. The van der Waals surface area contributed by atoms with Crippen LogP contribution in [0.3, 0.4) is 0 Å². The van der Waals surface area contributed by atoms with Gasteiger partial charge in [0.15, 0.2) is 5.69 Å². The van der Waals surface area contributed by atoms with Gasteiger partial charge in [0.2, 0.25) is 5.43 Å². The number of aryl methyl sites for hydroxylation is 1. The van der Waals surface area contributed by atoms with Gasteiger partial charge >= 0.3 is 0 Å². The summed E-state index contributed by atoms with van der Waals surface area (Å²) in [5, 5.41) is 6.95. The lowest BCUT2D eigenvalue weighted by Gasteiger charge is -2.11. The highest BCUT2D eigenvalue weighted by atomic mass is 19.1. The molecule has 3 aromatic carbocycles. The number of fused-ring (bicyclic) bond motifs is 1. The molecule has 0 spiro atoms. The van der Waals surface area contributed by atoms with Crippen molar-refractivity contribution in [2.45, 2.75) is 20.1 Å². The van der Waals surface area contributed by atoms with E-state index in [0.717, 1.165) is 11.6 Å². The van der Waals surface area contributed by atoms with Crippen LogP contribution in [-0.4, -0.2) is 15.7 Å². The predicted molar refractivity (Wildman–Crippen MR) is 117 cm³/mol. The Labute approximate surface area is 177 Å². The van der Waals surface area contributed by atoms with Gasteiger partial charge in [-0.15, -0.1) is 0 Å². The number of amides is 1. The number of anilines is 1. The number of hydrogen-bond donors (Lipinski definition) is 1. The van der Waals surface area contributed by atoms with Crippen LogP contribution >= 0.6 is 0 Å². The van der Waals surface area contributed by atoms with E-state index < -0.39 is 17.2 Å². The molecule has 0 saturated carbocycles. The summed E-state index contributed by atoms with van der Waals surface area (Å²) in [5.41, 5.74) is 1.11. The fourth-order valence-electron chi connectivity index (χ4n) is 3.22. The Morgan fingerprint density at radius 1 is 1.06 bits per heavy atom. The highest BCUT2D eigenvalue weighted by Crippen LogP contribution is 2.18. The van der Waals surface area contributed by atoms with Crippen molar-refractivity contribution in [3.63, 3.8) is 0 Å². The van der Waals surface area contributed by atoms with Crippen LogP contribution in [-0.2, 0) is 13.2 Å². The maximum Gasteiger partial charge on any atom is 0.280 e. The van der Waals surface area contributed by atoms with E-state index in [4.69, 9.17) is 4.74 Å². The number of hydrogen-bond acceptors (Lipinski definition) is 4. The SMILES string of the molecule is CCn1nc(C(=O)Nc2ccc(OCc3ccccc3)cc2)c(=O)c2cc(F)ccc21. The monoisotopic (exact) mass is 417 g/mol. The summed E-state index contributed by atoms with van der Waals surface area (Å²) in [7, 11) is 0. The molecule has 4 aromatic rings. The van der Waals surface area contributed by atoms with Crippen LogP contribution in [0.5, 0.6) is 5.75 Å². The Kier molecular flexibility index (Phi) is 5.75. The van der Waals surface area contributed by atoms with Gasteiger partial charge in [-0.3, -0.25) is 14.3 Å². The topological polar surface area (TPSA) is 73.2 Å². The van der Waals surface area contributed by atoms with Crippen molar-refractivity contribution < 1.29 is 13.9 Å². The second kappa shape index (κ2) is 8.79. The number of benzene rings is 3. The third-order valence-electron chi connectivity index (χ3n) is 4.79. The summed E-state index contributed by atoms with van der Waals surface area (Å²) >= 11 is 0. The zero-order valence-electron chi connectivity index (χ0n) is 16.8. The first kappa shape index (κ1) is 20.3. The molecule has 0 unspecified atom stereocenters. The van der Waals surface area contributed by atoms with Crippen molar-refractivity contribution >= 4 is 22.5 Å². The number of ether oxygens (including phenoxy) is 1. The van der Waals surface area contributed by atoms with Crippen LogP contribution in [0.25, 0.3) is 10.9 Å². The number of nitrogens with zero attached hydrogens (tertiary/aromatic N) is 2. The fraction of sp³-hybridized carbons (Fsp3) is 0.125. The van der Waals surface area contributed by atoms with Crippen molar-refractivity contribution in [2.75, 3.05) is 5.32 Å². The summed E-state index contributed by atoms with van der Waals surface area (Å²) in [6.07, 6.45) is 0. The van der Waals surface area contributed by atoms with Crippen LogP contribution in [0.15, 0.2) is 77.6 Å². The van der Waals surface area contributed by atoms with Crippen molar-refractivity contribution in [2.24, 2.45) is 0 Å². The van der Waals surface area contributed by atoms with Gasteiger partial charge in [-0.1, -0.05) is 30.3 Å². The van der Waals surface area contributed by atoms with E-state index in [1.54, 1.807) is 24.3 Å². The Bertz CT molecular complexity index is 1290. The van der Waals surface area contributed by atoms with Crippen LogP contribution in [0, 0.1) is 5.82 Å². The normalized spacial score (nSPS) is 10.8. The first-order valence-electron chi connectivity index (χ1n) is 9.83. The van der Waals surface area contributed by atoms with Gasteiger partial charge in [-0.05, 0) is 55.0 Å². The molecule has 0 aliphatic rings. The second-order valence-corrected chi connectivity index (χ2v) is 6.91. The van der Waals surface area contributed by atoms with E-state index in [0.29, 0.717) is 30.1 Å². The highest BCUT2D eigenvalue weighted by molar-refractivity contribution is 6.04. The summed E-state index contributed by atoms with van der Waals surface area (Å²) in [6, 6.07) is 20.5. The number of halogens is 1. The molecule has 0 aliphatic heterocycles. The standard InChI is InChI=1S/C24H20FN3O3/c1-2-28-21-13-8-17(25)14-20(21)23(29)22(27-28)24(30)26-18-9-11-19(12-10-18)31-15-16-6-4-3-5-7-16/h3-14H,2,15H2,1H3,(H,26,30). The molecule has 7 heteroatoms. The molecule has 0 saturated heterocycles. The largest absolute Gasteiger partial charge is 0.489 e. The predicted octanol–water partition coefficient (Wildman–Crippen LogP) is 4.39.